The number of halogens is 2. The zero-order valence-corrected chi connectivity index (χ0v) is 11.4. The number of hydrogen-bond acceptors (Lipinski definition) is 3. The molecule has 1 fully saturated rings. The van der Waals surface area contributed by atoms with Gasteiger partial charge in [0, 0.05) is 31.7 Å². The summed E-state index contributed by atoms with van der Waals surface area (Å²) in [5.74, 6) is -0.00305. The predicted octanol–water partition coefficient (Wildman–Crippen LogP) is 2.07. The fraction of sp³-hybridized carbons (Fsp3) is 0.500. The molecule has 1 aromatic carbocycles. The highest BCUT2D eigenvalue weighted by molar-refractivity contribution is 5.94. The van der Waals surface area contributed by atoms with Crippen molar-refractivity contribution >= 4 is 5.91 Å². The predicted molar refractivity (Wildman–Crippen MR) is 71.1 cm³/mol. The van der Waals surface area contributed by atoms with Crippen LogP contribution in [-0.2, 0) is 0 Å². The lowest BCUT2D eigenvalue weighted by Gasteiger charge is -2.34. The van der Waals surface area contributed by atoms with Crippen LogP contribution in [0.15, 0.2) is 24.3 Å². The number of piperazine rings is 1. The van der Waals surface area contributed by atoms with Crippen LogP contribution in [0.25, 0.3) is 0 Å². The van der Waals surface area contributed by atoms with Gasteiger partial charge in [0.25, 0.3) is 5.91 Å². The molecular formula is C14H18F2N2O2. The number of carbonyl (C=O) groups excluding carboxylic acids is 1. The van der Waals surface area contributed by atoms with Gasteiger partial charge in [-0.15, -0.1) is 0 Å². The van der Waals surface area contributed by atoms with Crippen molar-refractivity contribution < 1.29 is 18.3 Å². The maximum atomic E-state index is 12.2. The van der Waals surface area contributed by atoms with Gasteiger partial charge in [-0.25, -0.2) is 0 Å². The molecule has 6 heteroatoms. The molecular weight excluding hydrogens is 266 g/mol. The average Bonchev–Trinajstić information content (AvgIpc) is 2.47. The number of benzene rings is 1. The molecule has 1 amide bonds. The van der Waals surface area contributed by atoms with Crippen molar-refractivity contribution in [1.82, 2.24) is 9.80 Å². The smallest absolute Gasteiger partial charge is 0.387 e. The zero-order chi connectivity index (χ0) is 14.5. The van der Waals surface area contributed by atoms with Crippen molar-refractivity contribution in [3.8, 4) is 5.75 Å². The Morgan fingerprint density at radius 2 is 1.80 bits per heavy atom. The Morgan fingerprint density at radius 1 is 1.20 bits per heavy atom. The van der Waals surface area contributed by atoms with E-state index in [1.54, 1.807) is 4.90 Å². The van der Waals surface area contributed by atoms with E-state index in [0.29, 0.717) is 18.7 Å². The number of amides is 1. The van der Waals surface area contributed by atoms with Crippen LogP contribution in [0.3, 0.4) is 0 Å². The summed E-state index contributed by atoms with van der Waals surface area (Å²) >= 11 is 0. The van der Waals surface area contributed by atoms with E-state index in [4.69, 9.17) is 0 Å². The molecule has 1 aromatic rings. The number of alkyl halides is 2. The average molecular weight is 284 g/mol. The fourth-order valence-electron chi connectivity index (χ4n) is 2.23. The van der Waals surface area contributed by atoms with Crippen LogP contribution in [0.1, 0.15) is 17.3 Å². The van der Waals surface area contributed by atoms with E-state index in [1.807, 2.05) is 0 Å². The second kappa shape index (κ2) is 6.65. The van der Waals surface area contributed by atoms with E-state index in [-0.39, 0.29) is 11.7 Å². The first-order chi connectivity index (χ1) is 9.60. The third kappa shape index (κ3) is 3.66. The monoisotopic (exact) mass is 284 g/mol. The summed E-state index contributed by atoms with van der Waals surface area (Å²) in [5, 5.41) is 0. The highest BCUT2D eigenvalue weighted by atomic mass is 19.3. The number of nitrogens with zero attached hydrogens (tertiary/aromatic N) is 2. The summed E-state index contributed by atoms with van der Waals surface area (Å²) in [5.41, 5.74) is 0.497. The standard InChI is InChI=1S/C14H18F2N2O2/c1-2-17-7-9-18(10-8-17)13(19)11-3-5-12(6-4-11)20-14(15)16/h3-6,14H,2,7-10H2,1H3. The maximum absolute atomic E-state index is 12.2. The van der Waals surface area contributed by atoms with Crippen LogP contribution >= 0.6 is 0 Å². The number of hydrogen-bond donors (Lipinski definition) is 0. The van der Waals surface area contributed by atoms with Crippen molar-refractivity contribution in [3.63, 3.8) is 0 Å². The summed E-state index contributed by atoms with van der Waals surface area (Å²) in [6.07, 6.45) is 0. The number of ether oxygens (including phenoxy) is 1. The Morgan fingerprint density at radius 3 is 2.30 bits per heavy atom. The lowest BCUT2D eigenvalue weighted by molar-refractivity contribution is -0.0498. The molecule has 0 atom stereocenters. The first-order valence-electron chi connectivity index (χ1n) is 6.66. The Bertz CT molecular complexity index is 443. The van der Waals surface area contributed by atoms with Gasteiger partial charge in [0.15, 0.2) is 0 Å². The molecule has 110 valence electrons. The van der Waals surface area contributed by atoms with Gasteiger partial charge in [-0.2, -0.15) is 8.78 Å². The lowest BCUT2D eigenvalue weighted by atomic mass is 10.1. The normalized spacial score (nSPS) is 16.5. The first-order valence-corrected chi connectivity index (χ1v) is 6.66. The van der Waals surface area contributed by atoms with Crippen LogP contribution in [-0.4, -0.2) is 55.0 Å². The van der Waals surface area contributed by atoms with Crippen LogP contribution < -0.4 is 4.74 Å². The van der Waals surface area contributed by atoms with Crippen molar-refractivity contribution in [2.75, 3.05) is 32.7 Å². The number of rotatable bonds is 4. The van der Waals surface area contributed by atoms with Crippen LogP contribution in [0.2, 0.25) is 0 Å². The van der Waals surface area contributed by atoms with Crippen molar-refractivity contribution in [2.45, 2.75) is 13.5 Å². The van der Waals surface area contributed by atoms with Gasteiger partial charge in [0.2, 0.25) is 0 Å². The van der Waals surface area contributed by atoms with Crippen LogP contribution in [0.5, 0.6) is 5.75 Å². The van der Waals surface area contributed by atoms with Crippen molar-refractivity contribution in [2.24, 2.45) is 0 Å². The molecule has 0 aliphatic carbocycles. The lowest BCUT2D eigenvalue weighted by Crippen LogP contribution is -2.48. The highest BCUT2D eigenvalue weighted by Gasteiger charge is 2.21. The molecule has 0 aromatic heterocycles. The molecule has 0 N–H and O–H groups in total. The van der Waals surface area contributed by atoms with Gasteiger partial charge in [0.1, 0.15) is 5.75 Å². The van der Waals surface area contributed by atoms with E-state index < -0.39 is 6.61 Å². The molecule has 1 aliphatic rings. The molecule has 1 aliphatic heterocycles. The highest BCUT2D eigenvalue weighted by Crippen LogP contribution is 2.16. The van der Waals surface area contributed by atoms with E-state index >= 15 is 0 Å². The second-order valence-electron chi connectivity index (χ2n) is 4.63. The quantitative estimate of drug-likeness (QED) is 0.848. The van der Waals surface area contributed by atoms with Gasteiger partial charge in [-0.05, 0) is 30.8 Å². The van der Waals surface area contributed by atoms with E-state index in [2.05, 4.69) is 16.6 Å². The van der Waals surface area contributed by atoms with E-state index in [9.17, 15) is 13.6 Å². The fourth-order valence-corrected chi connectivity index (χ4v) is 2.23. The molecule has 1 heterocycles. The summed E-state index contributed by atoms with van der Waals surface area (Å²) in [6.45, 7) is 3.37. The molecule has 0 bridgehead atoms. The van der Waals surface area contributed by atoms with Crippen LogP contribution in [0.4, 0.5) is 8.78 Å². The first kappa shape index (κ1) is 14.7. The minimum Gasteiger partial charge on any atom is -0.435 e. The summed E-state index contributed by atoms with van der Waals surface area (Å²) in [4.78, 5) is 16.3. The Hall–Kier alpha value is -1.69. The summed E-state index contributed by atoms with van der Waals surface area (Å²) in [6, 6.07) is 5.82. The summed E-state index contributed by atoms with van der Waals surface area (Å²) in [7, 11) is 0. The maximum Gasteiger partial charge on any atom is 0.387 e. The SMILES string of the molecule is CCN1CCN(C(=O)c2ccc(OC(F)F)cc2)CC1. The number of carbonyl (C=O) groups is 1. The van der Waals surface area contributed by atoms with Crippen LogP contribution in [0, 0.1) is 0 Å². The number of likely N-dealkylation sites (N-methyl/N-ethyl adjacent to an activating group) is 1. The second-order valence-corrected chi connectivity index (χ2v) is 4.63. The molecule has 2 rings (SSSR count). The molecule has 1 saturated heterocycles. The Labute approximate surface area is 116 Å². The Balaban J connectivity index is 1.95. The van der Waals surface area contributed by atoms with Gasteiger partial charge in [-0.1, -0.05) is 6.92 Å². The summed E-state index contributed by atoms with van der Waals surface area (Å²) < 4.78 is 28.3. The van der Waals surface area contributed by atoms with E-state index in [0.717, 1.165) is 19.6 Å². The molecule has 0 saturated carbocycles. The molecule has 0 spiro atoms. The largest absolute Gasteiger partial charge is 0.435 e. The van der Waals surface area contributed by atoms with Crippen molar-refractivity contribution in [3.05, 3.63) is 29.8 Å². The van der Waals surface area contributed by atoms with Gasteiger partial charge < -0.3 is 14.5 Å². The molecule has 4 nitrogen and oxygen atoms in total. The van der Waals surface area contributed by atoms with Gasteiger partial charge in [0.05, 0.1) is 0 Å². The topological polar surface area (TPSA) is 32.8 Å². The molecule has 0 radical (unpaired) electrons. The van der Waals surface area contributed by atoms with Gasteiger partial charge >= 0.3 is 6.61 Å². The zero-order valence-electron chi connectivity index (χ0n) is 11.4. The Kier molecular flexibility index (Phi) is 4.89. The third-order valence-corrected chi connectivity index (χ3v) is 3.43. The van der Waals surface area contributed by atoms with Crippen molar-refractivity contribution in [1.29, 1.82) is 0 Å². The molecule has 20 heavy (non-hydrogen) atoms. The minimum absolute atomic E-state index is 0.0624. The van der Waals surface area contributed by atoms with E-state index in [1.165, 1.54) is 24.3 Å². The third-order valence-electron chi connectivity index (χ3n) is 3.43. The molecule has 0 unspecified atom stereocenters. The van der Waals surface area contributed by atoms with Gasteiger partial charge in [-0.3, -0.25) is 4.79 Å². The minimum atomic E-state index is -2.85.